The Morgan fingerprint density at radius 1 is 1.32 bits per heavy atom. The summed E-state index contributed by atoms with van der Waals surface area (Å²) in [6.45, 7) is 7.71. The van der Waals surface area contributed by atoms with E-state index >= 15 is 0 Å². The van der Waals surface area contributed by atoms with Crippen molar-refractivity contribution in [2.45, 2.75) is 38.8 Å². The molecular formula is C12H24ClN3O3. The van der Waals surface area contributed by atoms with Crippen molar-refractivity contribution in [2.24, 2.45) is 0 Å². The van der Waals surface area contributed by atoms with Gasteiger partial charge in [0.2, 0.25) is 11.8 Å². The number of hydrogen-bond acceptors (Lipinski definition) is 4. The molecular weight excluding hydrogens is 270 g/mol. The highest BCUT2D eigenvalue weighted by Gasteiger charge is 2.18. The second-order valence-corrected chi connectivity index (χ2v) is 5.50. The monoisotopic (exact) mass is 293 g/mol. The minimum atomic E-state index is -0.277. The number of nitrogens with one attached hydrogen (secondary N) is 3. The third-order valence-electron chi connectivity index (χ3n) is 2.39. The maximum atomic E-state index is 11.6. The molecule has 19 heavy (non-hydrogen) atoms. The van der Waals surface area contributed by atoms with Crippen molar-refractivity contribution in [3.05, 3.63) is 0 Å². The highest BCUT2D eigenvalue weighted by Crippen LogP contribution is 1.99. The summed E-state index contributed by atoms with van der Waals surface area (Å²) < 4.78 is 5.25. The lowest BCUT2D eigenvalue weighted by molar-refractivity contribution is -0.127. The number of amides is 2. The van der Waals surface area contributed by atoms with Gasteiger partial charge in [-0.15, -0.1) is 12.4 Å². The molecule has 7 heteroatoms. The van der Waals surface area contributed by atoms with Crippen molar-refractivity contribution in [3.63, 3.8) is 0 Å². The predicted octanol–water partition coefficient (Wildman–Crippen LogP) is -0.182. The standard InChI is InChI=1S/C12H23N3O3.ClH/c1-12(2,3)15-11(17)7-14-10(16)6-9-8-18-5-4-13-9;/h9,13H,4-8H2,1-3H3,(H,14,16)(H,15,17);1H. The average molecular weight is 294 g/mol. The van der Waals surface area contributed by atoms with Gasteiger partial charge < -0.3 is 20.7 Å². The normalized spacial score (nSPS) is 19.2. The molecule has 1 saturated heterocycles. The van der Waals surface area contributed by atoms with Gasteiger partial charge in [0.25, 0.3) is 0 Å². The lowest BCUT2D eigenvalue weighted by Gasteiger charge is -2.23. The Morgan fingerprint density at radius 3 is 2.53 bits per heavy atom. The van der Waals surface area contributed by atoms with Gasteiger partial charge in [0.1, 0.15) is 0 Å². The number of carbonyl (C=O) groups excluding carboxylic acids is 2. The zero-order valence-electron chi connectivity index (χ0n) is 11.7. The molecule has 0 aromatic rings. The molecule has 0 spiro atoms. The highest BCUT2D eigenvalue weighted by atomic mass is 35.5. The Labute approximate surface area is 120 Å². The Bertz CT molecular complexity index is 299. The molecule has 1 aliphatic heterocycles. The van der Waals surface area contributed by atoms with Crippen LogP contribution in [0.15, 0.2) is 0 Å². The van der Waals surface area contributed by atoms with E-state index < -0.39 is 0 Å². The molecule has 1 unspecified atom stereocenters. The molecule has 1 atom stereocenters. The van der Waals surface area contributed by atoms with E-state index in [1.165, 1.54) is 0 Å². The number of hydrogen-bond donors (Lipinski definition) is 3. The van der Waals surface area contributed by atoms with Crippen LogP contribution < -0.4 is 16.0 Å². The Balaban J connectivity index is 0.00000324. The molecule has 0 aromatic carbocycles. The summed E-state index contributed by atoms with van der Waals surface area (Å²) in [5.41, 5.74) is -0.277. The molecule has 3 N–H and O–H groups in total. The Kier molecular flexibility index (Phi) is 7.97. The smallest absolute Gasteiger partial charge is 0.239 e. The summed E-state index contributed by atoms with van der Waals surface area (Å²) in [5.74, 6) is -0.314. The average Bonchev–Trinajstić information content (AvgIpc) is 2.25. The third-order valence-corrected chi connectivity index (χ3v) is 2.39. The second kappa shape index (κ2) is 8.35. The van der Waals surface area contributed by atoms with Gasteiger partial charge in [-0.05, 0) is 20.8 Å². The fourth-order valence-corrected chi connectivity index (χ4v) is 1.69. The minimum Gasteiger partial charge on any atom is -0.378 e. The molecule has 0 aliphatic carbocycles. The number of carbonyl (C=O) groups is 2. The first-order chi connectivity index (χ1) is 8.37. The highest BCUT2D eigenvalue weighted by molar-refractivity contribution is 5.85. The fraction of sp³-hybridized carbons (Fsp3) is 0.833. The Morgan fingerprint density at radius 2 is 2.00 bits per heavy atom. The number of morpholine rings is 1. The van der Waals surface area contributed by atoms with Gasteiger partial charge in [0.05, 0.1) is 19.8 Å². The van der Waals surface area contributed by atoms with Gasteiger partial charge in [0, 0.05) is 24.5 Å². The van der Waals surface area contributed by atoms with Gasteiger partial charge >= 0.3 is 0 Å². The number of ether oxygens (including phenoxy) is 1. The summed E-state index contributed by atoms with van der Waals surface area (Å²) in [6, 6.07) is 0.0458. The largest absolute Gasteiger partial charge is 0.378 e. The lowest BCUT2D eigenvalue weighted by atomic mass is 10.1. The molecule has 0 aromatic heterocycles. The first-order valence-corrected chi connectivity index (χ1v) is 6.25. The van der Waals surface area contributed by atoms with Crippen molar-refractivity contribution < 1.29 is 14.3 Å². The number of rotatable bonds is 4. The van der Waals surface area contributed by atoms with Gasteiger partial charge in [-0.3, -0.25) is 9.59 Å². The van der Waals surface area contributed by atoms with Crippen LogP contribution in [-0.4, -0.2) is 49.7 Å². The van der Waals surface area contributed by atoms with Crippen LogP contribution >= 0.6 is 12.4 Å². The van der Waals surface area contributed by atoms with Crippen molar-refractivity contribution in [1.82, 2.24) is 16.0 Å². The molecule has 1 heterocycles. The molecule has 0 radical (unpaired) electrons. The van der Waals surface area contributed by atoms with Gasteiger partial charge in [-0.25, -0.2) is 0 Å². The lowest BCUT2D eigenvalue weighted by Crippen LogP contribution is -2.48. The van der Waals surface area contributed by atoms with E-state index in [-0.39, 0.29) is 42.3 Å². The van der Waals surface area contributed by atoms with Gasteiger partial charge in [-0.1, -0.05) is 0 Å². The van der Waals surface area contributed by atoms with E-state index in [1.54, 1.807) is 0 Å². The maximum Gasteiger partial charge on any atom is 0.239 e. The molecule has 112 valence electrons. The second-order valence-electron chi connectivity index (χ2n) is 5.50. The first-order valence-electron chi connectivity index (χ1n) is 6.25. The van der Waals surface area contributed by atoms with Crippen molar-refractivity contribution in [2.75, 3.05) is 26.3 Å². The van der Waals surface area contributed by atoms with Crippen LogP contribution in [0.5, 0.6) is 0 Å². The molecule has 1 aliphatic rings. The van der Waals surface area contributed by atoms with E-state index in [0.29, 0.717) is 19.6 Å². The van der Waals surface area contributed by atoms with Crippen LogP contribution in [-0.2, 0) is 14.3 Å². The van der Waals surface area contributed by atoms with Gasteiger partial charge in [-0.2, -0.15) is 0 Å². The molecule has 1 fully saturated rings. The first kappa shape index (κ1) is 18.1. The summed E-state index contributed by atoms with van der Waals surface area (Å²) >= 11 is 0. The number of halogens is 1. The van der Waals surface area contributed by atoms with Crippen LogP contribution in [0.2, 0.25) is 0 Å². The quantitative estimate of drug-likeness (QED) is 0.672. The summed E-state index contributed by atoms with van der Waals surface area (Å²) in [4.78, 5) is 23.1. The van der Waals surface area contributed by atoms with Crippen LogP contribution in [0.25, 0.3) is 0 Å². The molecule has 0 saturated carbocycles. The topological polar surface area (TPSA) is 79.5 Å². The summed E-state index contributed by atoms with van der Waals surface area (Å²) in [5, 5.41) is 8.58. The zero-order chi connectivity index (χ0) is 13.6. The minimum absolute atomic E-state index is 0. The van der Waals surface area contributed by atoms with Crippen LogP contribution in [0.4, 0.5) is 0 Å². The van der Waals surface area contributed by atoms with Gasteiger partial charge in [0.15, 0.2) is 0 Å². The molecule has 1 rings (SSSR count). The Hall–Kier alpha value is -0.850. The van der Waals surface area contributed by atoms with E-state index in [4.69, 9.17) is 4.74 Å². The van der Waals surface area contributed by atoms with E-state index in [9.17, 15) is 9.59 Å². The maximum absolute atomic E-state index is 11.6. The van der Waals surface area contributed by atoms with Crippen LogP contribution in [0.1, 0.15) is 27.2 Å². The fourth-order valence-electron chi connectivity index (χ4n) is 1.69. The van der Waals surface area contributed by atoms with Crippen LogP contribution in [0, 0.1) is 0 Å². The summed E-state index contributed by atoms with van der Waals surface area (Å²) in [6.07, 6.45) is 0.336. The molecule has 6 nitrogen and oxygen atoms in total. The zero-order valence-corrected chi connectivity index (χ0v) is 12.6. The SMILES string of the molecule is CC(C)(C)NC(=O)CNC(=O)CC1COCCN1.Cl. The van der Waals surface area contributed by atoms with Crippen molar-refractivity contribution in [3.8, 4) is 0 Å². The molecule has 2 amide bonds. The molecule has 0 bridgehead atoms. The third kappa shape index (κ3) is 8.80. The summed E-state index contributed by atoms with van der Waals surface area (Å²) in [7, 11) is 0. The van der Waals surface area contributed by atoms with E-state index in [0.717, 1.165) is 6.54 Å². The predicted molar refractivity (Wildman–Crippen MR) is 75.4 cm³/mol. The van der Waals surface area contributed by atoms with Crippen LogP contribution in [0.3, 0.4) is 0 Å². The van der Waals surface area contributed by atoms with Crippen molar-refractivity contribution in [1.29, 1.82) is 0 Å². The van der Waals surface area contributed by atoms with E-state index in [1.807, 2.05) is 20.8 Å². The van der Waals surface area contributed by atoms with E-state index in [2.05, 4.69) is 16.0 Å². The van der Waals surface area contributed by atoms with Crippen molar-refractivity contribution >= 4 is 24.2 Å².